The lowest BCUT2D eigenvalue weighted by atomic mass is 9.48. The zero-order valence-corrected chi connectivity index (χ0v) is 21.2. The number of rotatable bonds is 2. The SMILES string of the molecule is Cn1c2c(c3c1[C@@H]1Oc4c(O)ccc5c4[C@@]14CCN(CC1CC1)[C@H](C5)[C@]4(O)C3)C[C@H]1CNCC[C@@H]1C2. The van der Waals surface area contributed by atoms with Crippen LogP contribution in [-0.4, -0.2) is 57.5 Å². The Bertz CT molecular complexity index is 1310. The molecule has 3 N–H and O–H groups in total. The Morgan fingerprint density at radius 2 is 2.00 bits per heavy atom. The molecule has 1 saturated carbocycles. The van der Waals surface area contributed by atoms with Crippen LogP contribution in [0.2, 0.25) is 0 Å². The van der Waals surface area contributed by atoms with E-state index in [2.05, 4.69) is 27.9 Å². The van der Waals surface area contributed by atoms with Crippen molar-refractivity contribution >= 4 is 0 Å². The summed E-state index contributed by atoms with van der Waals surface area (Å²) >= 11 is 0. The number of phenols is 1. The van der Waals surface area contributed by atoms with Gasteiger partial charge in [-0.25, -0.2) is 0 Å². The van der Waals surface area contributed by atoms with Gasteiger partial charge in [0.25, 0.3) is 0 Å². The van der Waals surface area contributed by atoms with Crippen LogP contribution in [0.5, 0.6) is 11.5 Å². The number of hydrogen-bond acceptors (Lipinski definition) is 5. The van der Waals surface area contributed by atoms with Crippen LogP contribution in [0, 0.1) is 17.8 Å². The van der Waals surface area contributed by atoms with Gasteiger partial charge in [0.15, 0.2) is 17.6 Å². The van der Waals surface area contributed by atoms with E-state index in [4.69, 9.17) is 4.74 Å². The fraction of sp³-hybridized carbons (Fsp3) is 0.667. The first kappa shape index (κ1) is 21.0. The molecule has 1 spiro atoms. The summed E-state index contributed by atoms with van der Waals surface area (Å²) in [6, 6.07) is 4.04. The molecule has 2 aromatic rings. The monoisotopic (exact) mass is 487 g/mol. The van der Waals surface area contributed by atoms with Gasteiger partial charge in [0, 0.05) is 37.3 Å². The normalized spacial score (nSPS) is 39.6. The summed E-state index contributed by atoms with van der Waals surface area (Å²) in [5, 5.41) is 27.7. The molecule has 4 heterocycles. The summed E-state index contributed by atoms with van der Waals surface area (Å²) in [5.41, 5.74) is 6.69. The van der Waals surface area contributed by atoms with E-state index in [1.165, 1.54) is 47.3 Å². The molecule has 3 fully saturated rings. The van der Waals surface area contributed by atoms with Crippen molar-refractivity contribution in [1.82, 2.24) is 14.8 Å². The predicted molar refractivity (Wildman–Crippen MR) is 136 cm³/mol. The summed E-state index contributed by atoms with van der Waals surface area (Å²) in [4.78, 5) is 2.63. The Morgan fingerprint density at radius 1 is 1.11 bits per heavy atom. The zero-order valence-electron chi connectivity index (χ0n) is 21.2. The zero-order chi connectivity index (χ0) is 24.0. The first-order valence-corrected chi connectivity index (χ1v) is 14.4. The Labute approximate surface area is 212 Å². The maximum absolute atomic E-state index is 13.1. The van der Waals surface area contributed by atoms with Gasteiger partial charge in [0.2, 0.25) is 0 Å². The highest BCUT2D eigenvalue weighted by Gasteiger charge is 2.73. The molecule has 2 saturated heterocycles. The van der Waals surface area contributed by atoms with Crippen molar-refractivity contribution in [3.63, 3.8) is 0 Å². The molecule has 6 atom stereocenters. The predicted octanol–water partition coefficient (Wildman–Crippen LogP) is 2.75. The van der Waals surface area contributed by atoms with Crippen LogP contribution in [-0.2, 0) is 38.1 Å². The molecule has 2 bridgehead atoms. The van der Waals surface area contributed by atoms with Crippen LogP contribution >= 0.6 is 0 Å². The van der Waals surface area contributed by atoms with Crippen LogP contribution < -0.4 is 10.1 Å². The number of fused-ring (bicyclic) bond motifs is 5. The highest BCUT2D eigenvalue weighted by Crippen LogP contribution is 2.69. The largest absolute Gasteiger partial charge is 0.504 e. The van der Waals surface area contributed by atoms with Gasteiger partial charge in [-0.05, 0) is 105 Å². The van der Waals surface area contributed by atoms with Crippen molar-refractivity contribution in [3.05, 3.63) is 45.8 Å². The highest BCUT2D eigenvalue weighted by atomic mass is 16.5. The van der Waals surface area contributed by atoms with Crippen molar-refractivity contribution in [2.75, 3.05) is 26.2 Å². The van der Waals surface area contributed by atoms with Gasteiger partial charge in [-0.1, -0.05) is 6.07 Å². The maximum Gasteiger partial charge on any atom is 0.166 e. The molecule has 0 amide bonds. The van der Waals surface area contributed by atoms with E-state index < -0.39 is 11.0 Å². The maximum atomic E-state index is 13.1. The molecule has 190 valence electrons. The summed E-state index contributed by atoms with van der Waals surface area (Å²) in [7, 11) is 2.25. The van der Waals surface area contributed by atoms with Gasteiger partial charge in [-0.2, -0.15) is 0 Å². The van der Waals surface area contributed by atoms with E-state index in [0.29, 0.717) is 11.7 Å². The van der Waals surface area contributed by atoms with Crippen LogP contribution in [0.3, 0.4) is 0 Å². The Balaban J connectivity index is 1.27. The van der Waals surface area contributed by atoms with Crippen molar-refractivity contribution < 1.29 is 14.9 Å². The Morgan fingerprint density at radius 3 is 2.86 bits per heavy atom. The van der Waals surface area contributed by atoms with Crippen LogP contribution in [0.1, 0.15) is 65.4 Å². The summed E-state index contributed by atoms with van der Waals surface area (Å²) in [6.07, 6.45) is 8.42. The van der Waals surface area contributed by atoms with Crippen molar-refractivity contribution in [3.8, 4) is 11.5 Å². The Kier molecular flexibility index (Phi) is 3.90. The van der Waals surface area contributed by atoms with E-state index >= 15 is 0 Å². The lowest BCUT2D eigenvalue weighted by molar-refractivity contribution is -0.174. The second-order valence-electron chi connectivity index (χ2n) is 13.2. The third-order valence-electron chi connectivity index (χ3n) is 11.7. The minimum atomic E-state index is -0.874. The number of benzene rings is 1. The smallest absolute Gasteiger partial charge is 0.166 e. The summed E-state index contributed by atoms with van der Waals surface area (Å²) in [6.45, 7) is 4.37. The number of likely N-dealkylation sites (tertiary alicyclic amines) is 1. The van der Waals surface area contributed by atoms with E-state index in [9.17, 15) is 10.2 Å². The lowest BCUT2D eigenvalue weighted by Gasteiger charge is -2.63. The minimum absolute atomic E-state index is 0.109. The van der Waals surface area contributed by atoms with Crippen LogP contribution in [0.15, 0.2) is 12.1 Å². The quantitative estimate of drug-likeness (QED) is 0.608. The number of aliphatic hydroxyl groups is 1. The summed E-state index contributed by atoms with van der Waals surface area (Å²) in [5.74, 6) is 3.13. The van der Waals surface area contributed by atoms with Gasteiger partial charge in [-0.3, -0.25) is 4.90 Å². The minimum Gasteiger partial charge on any atom is -0.504 e. The van der Waals surface area contributed by atoms with E-state index in [0.717, 1.165) is 75.7 Å². The number of ether oxygens (including phenoxy) is 1. The highest BCUT2D eigenvalue weighted by molar-refractivity contribution is 5.65. The van der Waals surface area contributed by atoms with Gasteiger partial charge < -0.3 is 24.8 Å². The molecule has 6 heteroatoms. The lowest BCUT2D eigenvalue weighted by Crippen LogP contribution is -2.74. The molecule has 7 aliphatic rings. The molecular formula is C30H37N3O3. The fourth-order valence-electron chi connectivity index (χ4n) is 9.83. The van der Waals surface area contributed by atoms with E-state index in [1.54, 1.807) is 0 Å². The molecule has 1 aromatic heterocycles. The number of nitrogens with zero attached hydrogens (tertiary/aromatic N) is 2. The topological polar surface area (TPSA) is 69.9 Å². The van der Waals surface area contributed by atoms with Gasteiger partial charge in [0.1, 0.15) is 0 Å². The average Bonchev–Trinajstić information content (AvgIpc) is 3.57. The number of aromatic hydroxyl groups is 1. The van der Waals surface area contributed by atoms with Crippen LogP contribution in [0.25, 0.3) is 0 Å². The van der Waals surface area contributed by atoms with Crippen molar-refractivity contribution in [2.24, 2.45) is 24.8 Å². The fourth-order valence-corrected chi connectivity index (χ4v) is 9.83. The second-order valence-corrected chi connectivity index (χ2v) is 13.2. The van der Waals surface area contributed by atoms with Crippen molar-refractivity contribution in [1.29, 1.82) is 0 Å². The molecular weight excluding hydrogens is 450 g/mol. The Hall–Kier alpha value is -2.02. The third-order valence-corrected chi connectivity index (χ3v) is 11.7. The van der Waals surface area contributed by atoms with Crippen molar-refractivity contribution in [2.45, 2.75) is 74.5 Å². The van der Waals surface area contributed by atoms with Gasteiger partial charge in [-0.15, -0.1) is 0 Å². The number of hydrogen-bond donors (Lipinski definition) is 3. The molecule has 6 nitrogen and oxygen atoms in total. The van der Waals surface area contributed by atoms with Gasteiger partial charge >= 0.3 is 0 Å². The average molecular weight is 488 g/mol. The molecule has 0 radical (unpaired) electrons. The molecule has 9 rings (SSSR count). The third kappa shape index (κ3) is 2.32. The molecule has 4 aliphatic carbocycles. The van der Waals surface area contributed by atoms with Gasteiger partial charge in [0.05, 0.1) is 16.7 Å². The molecule has 36 heavy (non-hydrogen) atoms. The van der Waals surface area contributed by atoms with E-state index in [1.807, 2.05) is 6.07 Å². The number of aromatic nitrogens is 1. The number of piperidine rings is 2. The number of nitrogens with one attached hydrogen (secondary N) is 1. The number of phenolic OH excluding ortho intramolecular Hbond substituents is 1. The standard InChI is InChI=1S/C30H37N3O3/c1-32-22-11-17-6-8-31-14-19(17)10-20(22)21-13-30(35)24-12-18-4-5-23(34)27-25(18)29(30,28(36-27)26(21)32)7-9-33(24)15-16-2-3-16/h4-5,16-17,19,24,28,31,34-35H,2-3,6-15H2,1H3/t17-,19+,24-,28+,29+,30-/m1/s1. The van der Waals surface area contributed by atoms with Crippen LogP contribution in [0.4, 0.5) is 0 Å². The molecule has 0 unspecified atom stereocenters. The first-order valence-electron chi connectivity index (χ1n) is 14.4. The molecule has 3 aliphatic heterocycles. The molecule has 1 aromatic carbocycles. The second kappa shape index (κ2) is 6.69. The van der Waals surface area contributed by atoms with E-state index in [-0.39, 0.29) is 17.9 Å². The summed E-state index contributed by atoms with van der Waals surface area (Å²) < 4.78 is 9.31. The first-order chi connectivity index (χ1) is 17.5.